The van der Waals surface area contributed by atoms with E-state index < -0.39 is 0 Å². The molecule has 0 bridgehead atoms. The zero-order valence-corrected chi connectivity index (χ0v) is 16.4. The molecule has 0 atom stereocenters. The van der Waals surface area contributed by atoms with Crippen LogP contribution in [0, 0.1) is 0 Å². The highest BCUT2D eigenvalue weighted by molar-refractivity contribution is 5.90. The van der Waals surface area contributed by atoms with Crippen molar-refractivity contribution < 1.29 is 18.7 Å². The molecule has 0 spiro atoms. The molecule has 146 valence electrons. The van der Waals surface area contributed by atoms with E-state index in [2.05, 4.69) is 29.4 Å². The minimum Gasteiger partial charge on any atom is -0.493 e. The van der Waals surface area contributed by atoms with Crippen molar-refractivity contribution in [1.82, 2.24) is 10.2 Å². The van der Waals surface area contributed by atoms with Gasteiger partial charge in [-0.1, -0.05) is 43.2 Å². The molecule has 28 heavy (non-hydrogen) atoms. The monoisotopic (exact) mass is 381 g/mol. The molecule has 1 amide bonds. The Morgan fingerprint density at radius 2 is 1.75 bits per heavy atom. The first-order chi connectivity index (χ1) is 13.5. The highest BCUT2D eigenvalue weighted by Crippen LogP contribution is 2.32. The second kappa shape index (κ2) is 8.56. The maximum Gasteiger partial charge on any atom is 0.322 e. The van der Waals surface area contributed by atoms with E-state index in [9.17, 15) is 4.79 Å². The van der Waals surface area contributed by atoms with E-state index in [1.807, 2.05) is 24.3 Å². The summed E-state index contributed by atoms with van der Waals surface area (Å²) in [4.78, 5) is 12.3. The number of nitrogens with one attached hydrogen (secondary N) is 1. The third-order valence-electron chi connectivity index (χ3n) is 4.31. The van der Waals surface area contributed by atoms with Crippen LogP contribution in [0.1, 0.15) is 30.9 Å². The fraction of sp³-hybridized carbons (Fsp3) is 0.286. The van der Waals surface area contributed by atoms with Crippen LogP contribution < -0.4 is 14.8 Å². The normalized spacial score (nSPS) is 10.8. The third kappa shape index (κ3) is 4.49. The molecule has 0 radical (unpaired) electrons. The molecule has 1 N–H and O–H groups in total. The van der Waals surface area contributed by atoms with E-state index in [1.165, 1.54) is 5.56 Å². The summed E-state index contributed by atoms with van der Waals surface area (Å²) in [5.74, 6) is 1.66. The lowest BCUT2D eigenvalue weighted by Gasteiger charge is -2.07. The molecular formula is C21H23N3O4. The van der Waals surface area contributed by atoms with Crippen LogP contribution in [-0.4, -0.2) is 30.3 Å². The Hall–Kier alpha value is -3.35. The average Bonchev–Trinajstić information content (AvgIpc) is 3.16. The number of methoxy groups -OCH3 is 2. The molecule has 0 aliphatic carbocycles. The van der Waals surface area contributed by atoms with Crippen LogP contribution in [0.5, 0.6) is 11.5 Å². The molecule has 7 nitrogen and oxygen atoms in total. The zero-order chi connectivity index (χ0) is 20.1. The number of aromatic nitrogens is 2. The Kier molecular flexibility index (Phi) is 5.93. The van der Waals surface area contributed by atoms with Gasteiger partial charge in [0.2, 0.25) is 11.8 Å². The SMILES string of the molecule is COc1ccc(-c2nnc(NC(=O)Cc3ccc(C(C)C)cc3)o2)cc1OC. The maximum atomic E-state index is 12.3. The van der Waals surface area contributed by atoms with Crippen molar-refractivity contribution in [3.63, 3.8) is 0 Å². The lowest BCUT2D eigenvalue weighted by Crippen LogP contribution is -2.14. The number of carbonyl (C=O) groups excluding carboxylic acids is 1. The minimum absolute atomic E-state index is 0.0496. The predicted octanol–water partition coefficient (Wildman–Crippen LogP) is 4.06. The fourth-order valence-electron chi connectivity index (χ4n) is 2.73. The standard InChI is InChI=1S/C21H23N3O4/c1-13(2)15-7-5-14(6-8-15)11-19(25)22-21-24-23-20(28-21)16-9-10-17(26-3)18(12-16)27-4/h5-10,12-13H,11H2,1-4H3,(H,22,24,25). The first kappa shape index (κ1) is 19.4. The van der Waals surface area contributed by atoms with Gasteiger partial charge in [0.15, 0.2) is 11.5 Å². The Morgan fingerprint density at radius 3 is 2.39 bits per heavy atom. The highest BCUT2D eigenvalue weighted by atomic mass is 16.5. The smallest absolute Gasteiger partial charge is 0.322 e. The molecule has 0 aliphatic heterocycles. The Balaban J connectivity index is 1.66. The van der Waals surface area contributed by atoms with E-state index >= 15 is 0 Å². The van der Waals surface area contributed by atoms with Gasteiger partial charge in [-0.05, 0) is 35.2 Å². The van der Waals surface area contributed by atoms with Gasteiger partial charge in [0.1, 0.15) is 0 Å². The van der Waals surface area contributed by atoms with Crippen LogP contribution in [0.25, 0.3) is 11.5 Å². The number of carbonyl (C=O) groups is 1. The molecule has 0 saturated carbocycles. The lowest BCUT2D eigenvalue weighted by atomic mass is 10.0. The summed E-state index contributed by atoms with van der Waals surface area (Å²) < 4.78 is 16.0. The van der Waals surface area contributed by atoms with Gasteiger partial charge >= 0.3 is 6.01 Å². The van der Waals surface area contributed by atoms with Crippen molar-refractivity contribution in [3.8, 4) is 23.0 Å². The van der Waals surface area contributed by atoms with Crippen LogP contribution in [0.4, 0.5) is 6.01 Å². The molecule has 0 aliphatic rings. The molecular weight excluding hydrogens is 358 g/mol. The van der Waals surface area contributed by atoms with Gasteiger partial charge < -0.3 is 13.9 Å². The summed E-state index contributed by atoms with van der Waals surface area (Å²) in [6, 6.07) is 13.3. The van der Waals surface area contributed by atoms with Crippen LogP contribution in [-0.2, 0) is 11.2 Å². The van der Waals surface area contributed by atoms with Gasteiger partial charge in [-0.2, -0.15) is 0 Å². The fourth-order valence-corrected chi connectivity index (χ4v) is 2.73. The molecule has 7 heteroatoms. The Labute approximate surface area is 163 Å². The molecule has 3 aromatic rings. The first-order valence-corrected chi connectivity index (χ1v) is 8.94. The average molecular weight is 381 g/mol. The molecule has 1 heterocycles. The van der Waals surface area contributed by atoms with Gasteiger partial charge in [-0.15, -0.1) is 5.10 Å². The van der Waals surface area contributed by atoms with Crippen LogP contribution in [0.15, 0.2) is 46.9 Å². The number of nitrogens with zero attached hydrogens (tertiary/aromatic N) is 2. The molecule has 0 unspecified atom stereocenters. The molecule has 1 aromatic heterocycles. The summed E-state index contributed by atoms with van der Waals surface area (Å²) in [6.07, 6.45) is 0.229. The van der Waals surface area contributed by atoms with Gasteiger partial charge in [0.25, 0.3) is 0 Å². The summed E-state index contributed by atoms with van der Waals surface area (Å²) in [5.41, 5.74) is 2.82. The number of rotatable bonds is 7. The maximum absolute atomic E-state index is 12.3. The molecule has 0 saturated heterocycles. The van der Waals surface area contributed by atoms with Crippen LogP contribution in [0.3, 0.4) is 0 Å². The van der Waals surface area contributed by atoms with Gasteiger partial charge in [-0.25, -0.2) is 0 Å². The van der Waals surface area contributed by atoms with E-state index in [1.54, 1.807) is 32.4 Å². The van der Waals surface area contributed by atoms with Gasteiger partial charge in [0.05, 0.1) is 20.6 Å². The molecule has 0 fully saturated rings. The van der Waals surface area contributed by atoms with Crippen molar-refractivity contribution in [2.24, 2.45) is 0 Å². The van der Waals surface area contributed by atoms with E-state index in [4.69, 9.17) is 13.9 Å². The third-order valence-corrected chi connectivity index (χ3v) is 4.31. The second-order valence-electron chi connectivity index (χ2n) is 6.60. The number of anilines is 1. The predicted molar refractivity (Wildman–Crippen MR) is 106 cm³/mol. The summed E-state index contributed by atoms with van der Waals surface area (Å²) in [5, 5.41) is 10.5. The van der Waals surface area contributed by atoms with Crippen molar-refractivity contribution in [1.29, 1.82) is 0 Å². The van der Waals surface area contributed by atoms with Crippen molar-refractivity contribution >= 4 is 11.9 Å². The van der Waals surface area contributed by atoms with E-state index in [0.29, 0.717) is 23.0 Å². The number of hydrogen-bond donors (Lipinski definition) is 1. The van der Waals surface area contributed by atoms with E-state index in [-0.39, 0.29) is 24.2 Å². The summed E-state index contributed by atoms with van der Waals surface area (Å²) in [7, 11) is 3.11. The van der Waals surface area contributed by atoms with Crippen molar-refractivity contribution in [2.75, 3.05) is 19.5 Å². The number of benzene rings is 2. The minimum atomic E-state index is -0.222. The summed E-state index contributed by atoms with van der Waals surface area (Å²) in [6.45, 7) is 4.26. The Morgan fingerprint density at radius 1 is 1.04 bits per heavy atom. The first-order valence-electron chi connectivity index (χ1n) is 8.94. The molecule has 3 rings (SSSR count). The van der Waals surface area contributed by atoms with Crippen molar-refractivity contribution in [2.45, 2.75) is 26.2 Å². The van der Waals surface area contributed by atoms with E-state index in [0.717, 1.165) is 5.56 Å². The number of amides is 1. The van der Waals surface area contributed by atoms with Crippen LogP contribution >= 0.6 is 0 Å². The Bertz CT molecular complexity index is 949. The van der Waals surface area contributed by atoms with Gasteiger partial charge in [-0.3, -0.25) is 10.1 Å². The lowest BCUT2D eigenvalue weighted by molar-refractivity contribution is -0.115. The largest absolute Gasteiger partial charge is 0.493 e. The number of hydrogen-bond acceptors (Lipinski definition) is 6. The number of ether oxygens (including phenoxy) is 2. The topological polar surface area (TPSA) is 86.5 Å². The summed E-state index contributed by atoms with van der Waals surface area (Å²) >= 11 is 0. The van der Waals surface area contributed by atoms with Crippen molar-refractivity contribution in [3.05, 3.63) is 53.6 Å². The van der Waals surface area contributed by atoms with Gasteiger partial charge in [0, 0.05) is 5.56 Å². The molecule has 2 aromatic carbocycles. The van der Waals surface area contributed by atoms with Crippen LogP contribution in [0.2, 0.25) is 0 Å². The zero-order valence-electron chi connectivity index (χ0n) is 16.4. The second-order valence-corrected chi connectivity index (χ2v) is 6.60. The quantitative estimate of drug-likeness (QED) is 0.664. The highest BCUT2D eigenvalue weighted by Gasteiger charge is 2.14.